The van der Waals surface area contributed by atoms with Crippen LogP contribution in [0.5, 0.6) is 0 Å². The van der Waals surface area contributed by atoms with Gasteiger partial charge in [-0.15, -0.1) is 0 Å². The molecule has 1 heterocycles. The van der Waals surface area contributed by atoms with Crippen molar-refractivity contribution in [3.63, 3.8) is 0 Å². The first-order chi connectivity index (χ1) is 12.6. The minimum absolute atomic E-state index is 0.0124. The second kappa shape index (κ2) is 7.36. The largest absolute Gasteiger partial charge is 0.321 e. The van der Waals surface area contributed by atoms with E-state index in [0.29, 0.717) is 11.3 Å². The molecule has 0 saturated carbocycles. The quantitative estimate of drug-likeness (QED) is 0.749. The number of aromatic nitrogens is 2. The molecule has 0 aliphatic carbocycles. The minimum Gasteiger partial charge on any atom is -0.321 e. The van der Waals surface area contributed by atoms with Gasteiger partial charge in [-0.05, 0) is 36.4 Å². The van der Waals surface area contributed by atoms with Crippen LogP contribution in [0.3, 0.4) is 0 Å². The molecule has 0 radical (unpaired) electrons. The molecule has 0 atom stereocenters. The average Bonchev–Trinajstić information content (AvgIpc) is 2.65. The Hall–Kier alpha value is -3.86. The Labute approximate surface area is 147 Å². The Morgan fingerprint density at radius 1 is 1.08 bits per heavy atom. The van der Waals surface area contributed by atoms with E-state index >= 15 is 0 Å². The van der Waals surface area contributed by atoms with Crippen LogP contribution < -0.4 is 10.6 Å². The lowest BCUT2D eigenvalue weighted by Crippen LogP contribution is -2.15. The molecule has 3 aromatic rings. The predicted molar refractivity (Wildman–Crippen MR) is 90.8 cm³/mol. The number of para-hydroxylation sites is 1. The number of amides is 1. The number of hydrogen-bond acceptors (Lipinski definition) is 5. The van der Waals surface area contributed by atoms with Crippen LogP contribution in [0, 0.1) is 23.0 Å². The van der Waals surface area contributed by atoms with Gasteiger partial charge >= 0.3 is 0 Å². The van der Waals surface area contributed by atoms with Gasteiger partial charge in [-0.25, -0.2) is 18.7 Å². The van der Waals surface area contributed by atoms with Crippen LogP contribution in [-0.4, -0.2) is 15.9 Å². The maximum absolute atomic E-state index is 13.7. The average molecular weight is 351 g/mol. The molecule has 0 spiro atoms. The van der Waals surface area contributed by atoms with Crippen LogP contribution in [0.4, 0.5) is 26.1 Å². The van der Waals surface area contributed by atoms with Crippen LogP contribution in [0.15, 0.2) is 54.7 Å². The summed E-state index contributed by atoms with van der Waals surface area (Å²) in [5.74, 6) is -2.31. The minimum atomic E-state index is -0.809. The smallest absolute Gasteiger partial charge is 0.274 e. The molecule has 26 heavy (non-hydrogen) atoms. The fourth-order valence-corrected chi connectivity index (χ4v) is 2.14. The zero-order valence-corrected chi connectivity index (χ0v) is 13.2. The first-order valence-electron chi connectivity index (χ1n) is 7.42. The number of nitrogens with zero attached hydrogens (tertiary/aromatic N) is 3. The molecule has 0 fully saturated rings. The van der Waals surface area contributed by atoms with Crippen LogP contribution in [0.1, 0.15) is 16.1 Å². The molecule has 128 valence electrons. The number of halogens is 2. The van der Waals surface area contributed by atoms with Gasteiger partial charge in [-0.1, -0.05) is 12.1 Å². The normalized spacial score (nSPS) is 10.0. The fourth-order valence-electron chi connectivity index (χ4n) is 2.14. The molecule has 6 nitrogen and oxygen atoms in total. The Morgan fingerprint density at radius 3 is 2.54 bits per heavy atom. The molecule has 1 amide bonds. The van der Waals surface area contributed by atoms with E-state index in [9.17, 15) is 13.6 Å². The van der Waals surface area contributed by atoms with Crippen LogP contribution in [-0.2, 0) is 0 Å². The molecule has 1 aromatic heterocycles. The Morgan fingerprint density at radius 2 is 1.81 bits per heavy atom. The Kier molecular flexibility index (Phi) is 4.80. The number of benzene rings is 2. The van der Waals surface area contributed by atoms with E-state index in [1.807, 2.05) is 6.07 Å². The highest BCUT2D eigenvalue weighted by atomic mass is 19.1. The molecule has 0 bridgehead atoms. The van der Waals surface area contributed by atoms with Crippen molar-refractivity contribution in [3.05, 3.63) is 77.6 Å². The highest BCUT2D eigenvalue weighted by Crippen LogP contribution is 2.21. The maximum atomic E-state index is 13.7. The zero-order chi connectivity index (χ0) is 18.5. The molecule has 2 aromatic carbocycles. The van der Waals surface area contributed by atoms with Gasteiger partial charge in [0.15, 0.2) is 0 Å². The summed E-state index contributed by atoms with van der Waals surface area (Å²) in [6.07, 6.45) is 1.29. The third-order valence-corrected chi connectivity index (χ3v) is 3.34. The van der Waals surface area contributed by atoms with Crippen molar-refractivity contribution < 1.29 is 13.6 Å². The standard InChI is InChI=1S/C18H11F2N5O/c19-13-5-2-6-14(20)16(13)25-18-22-8-7-15(24-18)17(26)23-12-4-1-3-11(9-12)10-21/h1-9H,(H,23,26)(H,22,24,25). The van der Waals surface area contributed by atoms with Gasteiger partial charge in [0.2, 0.25) is 5.95 Å². The van der Waals surface area contributed by atoms with Crippen molar-refractivity contribution in [1.82, 2.24) is 9.97 Å². The molecule has 0 saturated heterocycles. The van der Waals surface area contributed by atoms with Gasteiger partial charge in [-0.2, -0.15) is 5.26 Å². The van der Waals surface area contributed by atoms with Crippen molar-refractivity contribution in [3.8, 4) is 6.07 Å². The summed E-state index contributed by atoms with van der Waals surface area (Å²) < 4.78 is 27.4. The summed E-state index contributed by atoms with van der Waals surface area (Å²) >= 11 is 0. The number of carbonyl (C=O) groups excluding carboxylic acids is 1. The second-order valence-corrected chi connectivity index (χ2v) is 5.13. The van der Waals surface area contributed by atoms with Crippen LogP contribution >= 0.6 is 0 Å². The lowest BCUT2D eigenvalue weighted by molar-refractivity contribution is 0.102. The van der Waals surface area contributed by atoms with Crippen molar-refractivity contribution in [2.45, 2.75) is 0 Å². The van der Waals surface area contributed by atoms with Gasteiger partial charge < -0.3 is 10.6 Å². The van der Waals surface area contributed by atoms with Crippen LogP contribution in [0.25, 0.3) is 0 Å². The first-order valence-corrected chi connectivity index (χ1v) is 7.42. The number of nitriles is 1. The zero-order valence-electron chi connectivity index (χ0n) is 13.2. The number of anilines is 3. The number of rotatable bonds is 4. The lowest BCUT2D eigenvalue weighted by atomic mass is 10.2. The van der Waals surface area contributed by atoms with E-state index in [1.165, 1.54) is 24.4 Å². The second-order valence-electron chi connectivity index (χ2n) is 5.13. The summed E-state index contributed by atoms with van der Waals surface area (Å²) in [5.41, 5.74) is 0.388. The molecular formula is C18H11F2N5O. The van der Waals surface area contributed by atoms with E-state index in [-0.39, 0.29) is 11.6 Å². The number of carbonyl (C=O) groups is 1. The first kappa shape index (κ1) is 17.0. The Bertz CT molecular complexity index is 996. The molecule has 0 unspecified atom stereocenters. The van der Waals surface area contributed by atoms with Gasteiger partial charge in [0, 0.05) is 11.9 Å². The predicted octanol–water partition coefficient (Wildman–Crippen LogP) is 3.62. The molecule has 8 heteroatoms. The fraction of sp³-hybridized carbons (Fsp3) is 0. The van der Waals surface area contributed by atoms with Gasteiger partial charge in [0.1, 0.15) is 23.0 Å². The van der Waals surface area contributed by atoms with E-state index in [0.717, 1.165) is 12.1 Å². The monoisotopic (exact) mass is 351 g/mol. The van der Waals surface area contributed by atoms with E-state index in [4.69, 9.17) is 5.26 Å². The third kappa shape index (κ3) is 3.79. The Balaban J connectivity index is 1.80. The maximum Gasteiger partial charge on any atom is 0.274 e. The molecular weight excluding hydrogens is 340 g/mol. The highest BCUT2D eigenvalue weighted by Gasteiger charge is 2.13. The van der Waals surface area contributed by atoms with E-state index in [2.05, 4.69) is 20.6 Å². The summed E-state index contributed by atoms with van der Waals surface area (Å²) in [5, 5.41) is 13.9. The molecule has 3 rings (SSSR count). The SMILES string of the molecule is N#Cc1cccc(NC(=O)c2ccnc(Nc3c(F)cccc3F)n2)c1. The van der Waals surface area contributed by atoms with Crippen molar-refractivity contribution in [2.24, 2.45) is 0 Å². The summed E-state index contributed by atoms with van der Waals surface area (Å²) in [6, 6.07) is 13.1. The lowest BCUT2D eigenvalue weighted by Gasteiger charge is -2.09. The van der Waals surface area contributed by atoms with Gasteiger partial charge in [-0.3, -0.25) is 4.79 Å². The third-order valence-electron chi connectivity index (χ3n) is 3.34. The number of hydrogen-bond donors (Lipinski definition) is 2. The van der Waals surface area contributed by atoms with Crippen molar-refractivity contribution in [2.75, 3.05) is 10.6 Å². The number of nitrogens with one attached hydrogen (secondary N) is 2. The summed E-state index contributed by atoms with van der Waals surface area (Å²) in [6.45, 7) is 0. The van der Waals surface area contributed by atoms with Gasteiger partial charge in [0.25, 0.3) is 5.91 Å². The van der Waals surface area contributed by atoms with E-state index in [1.54, 1.807) is 18.2 Å². The summed E-state index contributed by atoms with van der Waals surface area (Å²) in [4.78, 5) is 20.1. The topological polar surface area (TPSA) is 90.7 Å². The van der Waals surface area contributed by atoms with Crippen molar-refractivity contribution >= 4 is 23.2 Å². The van der Waals surface area contributed by atoms with Gasteiger partial charge in [0.05, 0.1) is 11.6 Å². The molecule has 2 N–H and O–H groups in total. The molecule has 0 aliphatic heterocycles. The van der Waals surface area contributed by atoms with Crippen LogP contribution in [0.2, 0.25) is 0 Å². The highest BCUT2D eigenvalue weighted by molar-refractivity contribution is 6.03. The van der Waals surface area contributed by atoms with Crippen molar-refractivity contribution in [1.29, 1.82) is 5.26 Å². The molecule has 0 aliphatic rings. The summed E-state index contributed by atoms with van der Waals surface area (Å²) in [7, 11) is 0. The van der Waals surface area contributed by atoms with E-state index < -0.39 is 23.2 Å².